The molecule has 0 fully saturated rings. The maximum absolute atomic E-state index is 11.5. The average molecular weight is 259 g/mol. The zero-order chi connectivity index (χ0) is 12.7. The van der Waals surface area contributed by atoms with Gasteiger partial charge in [0.25, 0.3) is 0 Å². The summed E-state index contributed by atoms with van der Waals surface area (Å²) in [6.45, 7) is 2.19. The predicted molar refractivity (Wildman–Crippen MR) is 60.5 cm³/mol. The number of nitrogens with zero attached hydrogens (tertiary/aromatic N) is 4. The van der Waals surface area contributed by atoms with Gasteiger partial charge >= 0.3 is 0 Å². The van der Waals surface area contributed by atoms with Gasteiger partial charge in [-0.05, 0) is 18.9 Å². The summed E-state index contributed by atoms with van der Waals surface area (Å²) >= 11 is 0. The van der Waals surface area contributed by atoms with Gasteiger partial charge in [0.15, 0.2) is 0 Å². The fourth-order valence-electron chi connectivity index (χ4n) is 1.15. The van der Waals surface area contributed by atoms with Crippen molar-refractivity contribution in [2.75, 3.05) is 13.1 Å². The molecule has 0 unspecified atom stereocenters. The monoisotopic (exact) mass is 259 g/mol. The molecule has 1 aromatic rings. The Morgan fingerprint density at radius 2 is 2.41 bits per heavy atom. The van der Waals surface area contributed by atoms with Crippen molar-refractivity contribution in [1.82, 2.24) is 9.88 Å². The van der Waals surface area contributed by atoms with Crippen molar-refractivity contribution in [3.05, 3.63) is 28.0 Å². The molecule has 0 saturated heterocycles. The van der Waals surface area contributed by atoms with Crippen LogP contribution in [0.2, 0.25) is 0 Å². The van der Waals surface area contributed by atoms with Crippen LogP contribution in [-0.2, 0) is 15.8 Å². The molecular formula is C8H13N5O3S. The largest absolute Gasteiger partial charge is 0.361 e. The number of rotatable bonds is 7. The van der Waals surface area contributed by atoms with Crippen LogP contribution in [0.1, 0.15) is 17.9 Å². The van der Waals surface area contributed by atoms with Gasteiger partial charge in [-0.25, -0.2) is 13.1 Å². The second-order valence-electron chi connectivity index (χ2n) is 3.39. The van der Waals surface area contributed by atoms with Crippen molar-refractivity contribution in [2.24, 2.45) is 5.11 Å². The van der Waals surface area contributed by atoms with E-state index in [2.05, 4.69) is 19.9 Å². The van der Waals surface area contributed by atoms with Crippen LogP contribution in [0.3, 0.4) is 0 Å². The second kappa shape index (κ2) is 6.24. The second-order valence-corrected chi connectivity index (χ2v) is 5.20. The average Bonchev–Trinajstić information content (AvgIpc) is 2.62. The van der Waals surface area contributed by atoms with Crippen LogP contribution in [-0.4, -0.2) is 26.7 Å². The lowest BCUT2D eigenvalue weighted by Gasteiger charge is -2.03. The van der Waals surface area contributed by atoms with E-state index in [0.717, 1.165) is 0 Å². The Kier molecular flexibility index (Phi) is 4.95. The predicted octanol–water partition coefficient (Wildman–Crippen LogP) is 1.10. The zero-order valence-corrected chi connectivity index (χ0v) is 10.1. The van der Waals surface area contributed by atoms with Crippen LogP contribution < -0.4 is 4.72 Å². The first kappa shape index (κ1) is 13.5. The van der Waals surface area contributed by atoms with E-state index in [1.165, 1.54) is 0 Å². The molecule has 1 N–H and O–H groups in total. The minimum absolute atomic E-state index is 0.216. The minimum atomic E-state index is -3.42. The van der Waals surface area contributed by atoms with E-state index in [-0.39, 0.29) is 18.8 Å². The number of aromatic nitrogens is 1. The molecule has 0 saturated carbocycles. The van der Waals surface area contributed by atoms with E-state index in [0.29, 0.717) is 17.9 Å². The molecule has 0 aliphatic rings. The Balaban J connectivity index is 2.38. The van der Waals surface area contributed by atoms with Crippen LogP contribution in [0, 0.1) is 6.92 Å². The Morgan fingerprint density at radius 1 is 1.65 bits per heavy atom. The van der Waals surface area contributed by atoms with Crippen molar-refractivity contribution in [1.29, 1.82) is 0 Å². The lowest BCUT2D eigenvalue weighted by molar-refractivity contribution is 0.392. The highest BCUT2D eigenvalue weighted by atomic mass is 32.2. The molecule has 0 radical (unpaired) electrons. The molecule has 17 heavy (non-hydrogen) atoms. The topological polar surface area (TPSA) is 121 Å². The first-order chi connectivity index (χ1) is 8.03. The number of nitrogens with one attached hydrogen (secondary N) is 1. The summed E-state index contributed by atoms with van der Waals surface area (Å²) in [5, 5.41) is 6.89. The smallest absolute Gasteiger partial charge is 0.217 e. The fourth-order valence-corrected chi connectivity index (χ4v) is 2.24. The molecule has 0 aromatic carbocycles. The van der Waals surface area contributed by atoms with Crippen LogP contribution in [0.5, 0.6) is 0 Å². The Bertz CT molecular complexity index is 503. The first-order valence-electron chi connectivity index (χ1n) is 4.94. The Morgan fingerprint density at radius 3 is 3.00 bits per heavy atom. The Hall–Kier alpha value is -1.57. The van der Waals surface area contributed by atoms with E-state index in [9.17, 15) is 8.42 Å². The van der Waals surface area contributed by atoms with Gasteiger partial charge < -0.3 is 4.52 Å². The molecule has 0 aliphatic carbocycles. The van der Waals surface area contributed by atoms with Gasteiger partial charge in [0, 0.05) is 24.1 Å². The molecule has 0 spiro atoms. The molecular weight excluding hydrogens is 246 g/mol. The van der Waals surface area contributed by atoms with Crippen LogP contribution in [0.25, 0.3) is 10.4 Å². The normalized spacial score (nSPS) is 11.1. The summed E-state index contributed by atoms with van der Waals surface area (Å²) in [6, 6.07) is 1.57. The summed E-state index contributed by atoms with van der Waals surface area (Å²) in [4.78, 5) is 2.57. The van der Waals surface area contributed by atoms with Gasteiger partial charge in [0.05, 0.1) is 0 Å². The number of sulfonamides is 1. The van der Waals surface area contributed by atoms with Gasteiger partial charge in [-0.15, -0.1) is 0 Å². The molecule has 0 bridgehead atoms. The van der Waals surface area contributed by atoms with E-state index >= 15 is 0 Å². The molecule has 1 aromatic heterocycles. The SMILES string of the molecule is Cc1cc(CS(=O)(=O)NCCCN=[N+]=[N-])no1. The van der Waals surface area contributed by atoms with Gasteiger partial charge in [0.1, 0.15) is 17.2 Å². The van der Waals surface area contributed by atoms with Crippen molar-refractivity contribution >= 4 is 10.0 Å². The van der Waals surface area contributed by atoms with Crippen molar-refractivity contribution in [2.45, 2.75) is 19.1 Å². The van der Waals surface area contributed by atoms with Crippen molar-refractivity contribution < 1.29 is 12.9 Å². The van der Waals surface area contributed by atoms with Crippen molar-refractivity contribution in [3.8, 4) is 0 Å². The zero-order valence-electron chi connectivity index (χ0n) is 9.33. The molecule has 0 amide bonds. The summed E-state index contributed by atoms with van der Waals surface area (Å²) < 4.78 is 30.2. The lowest BCUT2D eigenvalue weighted by atomic mass is 10.4. The molecule has 0 aliphatic heterocycles. The Labute approximate surface area is 98.7 Å². The fraction of sp³-hybridized carbons (Fsp3) is 0.625. The molecule has 1 rings (SSSR count). The van der Waals surface area contributed by atoms with Gasteiger partial charge in [-0.1, -0.05) is 10.3 Å². The molecule has 1 heterocycles. The van der Waals surface area contributed by atoms with E-state index in [1.54, 1.807) is 13.0 Å². The third-order valence-electron chi connectivity index (χ3n) is 1.83. The van der Waals surface area contributed by atoms with Gasteiger partial charge in [-0.3, -0.25) is 0 Å². The van der Waals surface area contributed by atoms with Crippen molar-refractivity contribution in [3.63, 3.8) is 0 Å². The van der Waals surface area contributed by atoms with E-state index in [4.69, 9.17) is 10.1 Å². The number of hydrogen-bond donors (Lipinski definition) is 1. The van der Waals surface area contributed by atoms with Gasteiger partial charge in [-0.2, -0.15) is 0 Å². The standard InChI is InChI=1S/C8H13N5O3S/c1-7-5-8(12-16-7)6-17(14,15)11-4-2-3-10-13-9/h5,11H,2-4,6H2,1H3. The summed E-state index contributed by atoms with van der Waals surface area (Å²) in [5.41, 5.74) is 8.39. The number of aryl methyl sites for hydroxylation is 1. The lowest BCUT2D eigenvalue weighted by Crippen LogP contribution is -2.26. The quantitative estimate of drug-likeness (QED) is 0.341. The third-order valence-corrected chi connectivity index (χ3v) is 3.15. The third kappa shape index (κ3) is 5.34. The van der Waals surface area contributed by atoms with Crippen LogP contribution >= 0.6 is 0 Å². The van der Waals surface area contributed by atoms with E-state index < -0.39 is 10.0 Å². The summed E-state index contributed by atoms with van der Waals surface area (Å²) in [6.07, 6.45) is 0.459. The highest BCUT2D eigenvalue weighted by Crippen LogP contribution is 2.05. The number of azide groups is 1. The minimum Gasteiger partial charge on any atom is -0.361 e. The highest BCUT2D eigenvalue weighted by Gasteiger charge is 2.13. The number of hydrogen-bond acceptors (Lipinski definition) is 5. The van der Waals surface area contributed by atoms with Crippen LogP contribution in [0.15, 0.2) is 15.7 Å². The first-order valence-corrected chi connectivity index (χ1v) is 6.59. The van der Waals surface area contributed by atoms with Gasteiger partial charge in [0.2, 0.25) is 10.0 Å². The highest BCUT2D eigenvalue weighted by molar-refractivity contribution is 7.88. The van der Waals surface area contributed by atoms with E-state index in [1.807, 2.05) is 0 Å². The molecule has 8 nitrogen and oxygen atoms in total. The molecule has 0 atom stereocenters. The van der Waals surface area contributed by atoms with Crippen LogP contribution in [0.4, 0.5) is 0 Å². The summed E-state index contributed by atoms with van der Waals surface area (Å²) in [5.74, 6) is 0.352. The summed E-state index contributed by atoms with van der Waals surface area (Å²) in [7, 11) is -3.42. The maximum Gasteiger partial charge on any atom is 0.217 e. The maximum atomic E-state index is 11.5. The molecule has 9 heteroatoms. The molecule has 94 valence electrons.